The van der Waals surface area contributed by atoms with Crippen LogP contribution < -0.4 is 5.32 Å². The summed E-state index contributed by atoms with van der Waals surface area (Å²) in [5, 5.41) is 7.76. The quantitative estimate of drug-likeness (QED) is 0.673. The van der Waals surface area contributed by atoms with Crippen molar-refractivity contribution < 1.29 is 0 Å². The van der Waals surface area contributed by atoms with E-state index in [4.69, 9.17) is 0 Å². The van der Waals surface area contributed by atoms with E-state index in [9.17, 15) is 0 Å². The van der Waals surface area contributed by atoms with Crippen LogP contribution in [0, 0.1) is 0 Å². The molecule has 0 aromatic carbocycles. The zero-order valence-corrected chi connectivity index (χ0v) is 7.67. The maximum absolute atomic E-state index is 4.46. The molecule has 3 heteroatoms. The molecule has 3 nitrogen and oxygen atoms in total. The third-order valence-electron chi connectivity index (χ3n) is 2.55. The van der Waals surface area contributed by atoms with E-state index in [-0.39, 0.29) is 0 Å². The molecule has 0 fully saturated rings. The van der Waals surface area contributed by atoms with Crippen LogP contribution >= 0.6 is 0 Å². The zero-order chi connectivity index (χ0) is 8.55. The summed E-state index contributed by atoms with van der Waals surface area (Å²) in [7, 11) is 4.00. The number of nitrogens with zero attached hydrogens (tertiary/aromatic N) is 2. The zero-order valence-electron chi connectivity index (χ0n) is 7.67. The summed E-state index contributed by atoms with van der Waals surface area (Å²) < 4.78 is 1.92. The molecule has 1 aromatic heterocycles. The van der Waals surface area contributed by atoms with Gasteiger partial charge in [-0.05, 0) is 31.9 Å². The lowest BCUT2D eigenvalue weighted by molar-refractivity contribution is 0.482. The predicted molar refractivity (Wildman–Crippen MR) is 47.9 cm³/mol. The molecule has 1 unspecified atom stereocenters. The van der Waals surface area contributed by atoms with E-state index < -0.39 is 0 Å². The summed E-state index contributed by atoms with van der Waals surface area (Å²) in [6.07, 6.45) is 5.84. The van der Waals surface area contributed by atoms with Gasteiger partial charge in [0.25, 0.3) is 0 Å². The first kappa shape index (κ1) is 7.80. The standard InChI is InChI=1S/C9H15N3/c1-10-8-5-3-4-7-6-12(2)11-9(7)8/h6,8,10H,3-5H2,1-2H3. The van der Waals surface area contributed by atoms with Gasteiger partial charge in [-0.25, -0.2) is 0 Å². The number of hydrogen-bond acceptors (Lipinski definition) is 2. The molecule has 1 aliphatic carbocycles. The van der Waals surface area contributed by atoms with E-state index in [2.05, 4.69) is 16.6 Å². The normalized spacial score (nSPS) is 22.3. The highest BCUT2D eigenvalue weighted by Gasteiger charge is 2.21. The second-order valence-corrected chi connectivity index (χ2v) is 3.45. The van der Waals surface area contributed by atoms with Crippen molar-refractivity contribution in [2.75, 3.05) is 7.05 Å². The topological polar surface area (TPSA) is 29.9 Å². The van der Waals surface area contributed by atoms with Crippen molar-refractivity contribution in [3.63, 3.8) is 0 Å². The van der Waals surface area contributed by atoms with Gasteiger partial charge < -0.3 is 5.32 Å². The molecule has 0 bridgehead atoms. The van der Waals surface area contributed by atoms with E-state index in [1.165, 1.54) is 30.5 Å². The van der Waals surface area contributed by atoms with Crippen molar-refractivity contribution in [2.24, 2.45) is 7.05 Å². The van der Waals surface area contributed by atoms with Gasteiger partial charge in [-0.15, -0.1) is 0 Å². The van der Waals surface area contributed by atoms with Crippen molar-refractivity contribution in [1.82, 2.24) is 15.1 Å². The first-order valence-electron chi connectivity index (χ1n) is 4.51. The van der Waals surface area contributed by atoms with Crippen molar-refractivity contribution in [3.05, 3.63) is 17.5 Å². The summed E-state index contributed by atoms with van der Waals surface area (Å²) in [6, 6.07) is 0.481. The molecule has 1 aliphatic rings. The highest BCUT2D eigenvalue weighted by atomic mass is 15.3. The lowest BCUT2D eigenvalue weighted by atomic mass is 9.94. The van der Waals surface area contributed by atoms with Crippen LogP contribution in [0.3, 0.4) is 0 Å². The van der Waals surface area contributed by atoms with Crippen LogP contribution in [0.1, 0.15) is 30.1 Å². The molecule has 0 aliphatic heterocycles. The van der Waals surface area contributed by atoms with E-state index in [1.54, 1.807) is 0 Å². The molecule has 0 spiro atoms. The highest BCUT2D eigenvalue weighted by molar-refractivity contribution is 5.23. The van der Waals surface area contributed by atoms with Crippen LogP contribution in [0.4, 0.5) is 0 Å². The van der Waals surface area contributed by atoms with Gasteiger partial charge in [-0.3, -0.25) is 4.68 Å². The van der Waals surface area contributed by atoms with Gasteiger partial charge in [0.05, 0.1) is 11.7 Å². The van der Waals surface area contributed by atoms with Gasteiger partial charge in [-0.2, -0.15) is 5.10 Å². The molecule has 1 N–H and O–H groups in total. The summed E-state index contributed by atoms with van der Waals surface area (Å²) >= 11 is 0. The van der Waals surface area contributed by atoms with E-state index in [0.29, 0.717) is 6.04 Å². The van der Waals surface area contributed by atoms with E-state index in [0.717, 1.165) is 0 Å². The molecular formula is C9H15N3. The number of aromatic nitrogens is 2. The minimum atomic E-state index is 0.481. The fourth-order valence-electron chi connectivity index (χ4n) is 1.96. The Bertz CT molecular complexity index is 277. The lowest BCUT2D eigenvalue weighted by Crippen LogP contribution is -2.21. The Morgan fingerprint density at radius 2 is 2.50 bits per heavy atom. The molecule has 1 heterocycles. The van der Waals surface area contributed by atoms with E-state index >= 15 is 0 Å². The van der Waals surface area contributed by atoms with Crippen LogP contribution in [-0.4, -0.2) is 16.8 Å². The number of hydrogen-bond donors (Lipinski definition) is 1. The Balaban J connectivity index is 2.36. The van der Waals surface area contributed by atoms with Gasteiger partial charge in [0, 0.05) is 13.2 Å². The second-order valence-electron chi connectivity index (χ2n) is 3.45. The average molecular weight is 165 g/mol. The first-order chi connectivity index (χ1) is 5.81. The monoisotopic (exact) mass is 165 g/mol. The van der Waals surface area contributed by atoms with Gasteiger partial charge in [0.2, 0.25) is 0 Å². The third-order valence-corrected chi connectivity index (χ3v) is 2.55. The lowest BCUT2D eigenvalue weighted by Gasteiger charge is -2.19. The molecule has 0 radical (unpaired) electrons. The molecule has 1 atom stereocenters. The van der Waals surface area contributed by atoms with Crippen molar-refractivity contribution in [3.8, 4) is 0 Å². The molecule has 0 saturated heterocycles. The van der Waals surface area contributed by atoms with Crippen LogP contribution in [-0.2, 0) is 13.5 Å². The maximum atomic E-state index is 4.46. The Hall–Kier alpha value is -0.830. The van der Waals surface area contributed by atoms with Crippen molar-refractivity contribution >= 4 is 0 Å². The van der Waals surface area contributed by atoms with Crippen LogP contribution in [0.15, 0.2) is 6.20 Å². The minimum absolute atomic E-state index is 0.481. The van der Waals surface area contributed by atoms with Gasteiger partial charge in [0.15, 0.2) is 0 Å². The largest absolute Gasteiger partial charge is 0.312 e. The SMILES string of the molecule is CNC1CCCc2cn(C)nc21. The number of rotatable bonds is 1. The fourth-order valence-corrected chi connectivity index (χ4v) is 1.96. The van der Waals surface area contributed by atoms with Crippen LogP contribution in [0.5, 0.6) is 0 Å². The highest BCUT2D eigenvalue weighted by Crippen LogP contribution is 2.27. The maximum Gasteiger partial charge on any atom is 0.0825 e. The summed E-state index contributed by atoms with van der Waals surface area (Å²) in [5.41, 5.74) is 2.68. The van der Waals surface area contributed by atoms with Crippen molar-refractivity contribution in [2.45, 2.75) is 25.3 Å². The van der Waals surface area contributed by atoms with Crippen molar-refractivity contribution in [1.29, 1.82) is 0 Å². The summed E-state index contributed by atoms with van der Waals surface area (Å²) in [5.74, 6) is 0. The Morgan fingerprint density at radius 1 is 1.67 bits per heavy atom. The molecule has 12 heavy (non-hydrogen) atoms. The minimum Gasteiger partial charge on any atom is -0.312 e. The van der Waals surface area contributed by atoms with Gasteiger partial charge in [-0.1, -0.05) is 0 Å². The fraction of sp³-hybridized carbons (Fsp3) is 0.667. The molecular weight excluding hydrogens is 150 g/mol. The molecule has 0 saturated carbocycles. The Kier molecular flexibility index (Phi) is 1.89. The molecule has 0 amide bonds. The summed E-state index contributed by atoms with van der Waals surface area (Å²) in [4.78, 5) is 0. The van der Waals surface area contributed by atoms with Gasteiger partial charge in [0.1, 0.15) is 0 Å². The Labute approximate surface area is 72.8 Å². The first-order valence-corrected chi connectivity index (χ1v) is 4.51. The predicted octanol–water partition coefficient (Wildman–Crippen LogP) is 1.02. The van der Waals surface area contributed by atoms with E-state index in [1.807, 2.05) is 18.8 Å². The third kappa shape index (κ3) is 1.14. The van der Waals surface area contributed by atoms with Crippen LogP contribution in [0.2, 0.25) is 0 Å². The molecule has 66 valence electrons. The second kappa shape index (κ2) is 2.90. The average Bonchev–Trinajstić information content (AvgIpc) is 2.44. The number of aryl methyl sites for hydroxylation is 2. The van der Waals surface area contributed by atoms with Gasteiger partial charge >= 0.3 is 0 Å². The molecule has 1 aromatic rings. The van der Waals surface area contributed by atoms with Crippen LogP contribution in [0.25, 0.3) is 0 Å². The summed E-state index contributed by atoms with van der Waals surface area (Å²) in [6.45, 7) is 0. The Morgan fingerprint density at radius 3 is 3.25 bits per heavy atom. The smallest absolute Gasteiger partial charge is 0.0825 e. The number of nitrogens with one attached hydrogen (secondary N) is 1. The molecule has 2 rings (SSSR count). The number of fused-ring (bicyclic) bond motifs is 1.